The molecule has 0 N–H and O–H groups in total. The van der Waals surface area contributed by atoms with Crippen LogP contribution >= 0.6 is 11.6 Å². The fourth-order valence-electron chi connectivity index (χ4n) is 2.95. The summed E-state index contributed by atoms with van der Waals surface area (Å²) in [7, 11) is 0. The molecule has 158 valence electrons. The average Bonchev–Trinajstić information content (AvgIpc) is 3.40. The largest absolute Gasteiger partial charge is 1.00 e. The van der Waals surface area contributed by atoms with Gasteiger partial charge in [-0.2, -0.15) is 10.1 Å². The molecule has 8 nitrogen and oxygen atoms in total. The van der Waals surface area contributed by atoms with Crippen LogP contribution in [0.1, 0.15) is 29.9 Å². The van der Waals surface area contributed by atoms with E-state index in [0.717, 1.165) is 11.1 Å². The Morgan fingerprint density at radius 2 is 1.88 bits per heavy atom. The van der Waals surface area contributed by atoms with Gasteiger partial charge in [-0.25, -0.2) is 0 Å². The molecule has 0 fully saturated rings. The van der Waals surface area contributed by atoms with Gasteiger partial charge in [0.2, 0.25) is 5.82 Å². The SMILES string of the molecule is CC(C)Oc1ccc(-c2nc(-c3ccc(Cn4ccc(C(=O)[O-])n4)cc3)no2)cc1Cl.[Na+]. The van der Waals surface area contributed by atoms with Crippen molar-refractivity contribution >= 4 is 17.6 Å². The van der Waals surface area contributed by atoms with Gasteiger partial charge in [-0.15, -0.1) is 0 Å². The Morgan fingerprint density at radius 3 is 2.50 bits per heavy atom. The van der Waals surface area contributed by atoms with Crippen LogP contribution in [0.25, 0.3) is 22.8 Å². The van der Waals surface area contributed by atoms with E-state index in [-0.39, 0.29) is 41.4 Å². The third kappa shape index (κ3) is 5.58. The minimum Gasteiger partial charge on any atom is -0.543 e. The topological polar surface area (TPSA) is 106 Å². The summed E-state index contributed by atoms with van der Waals surface area (Å²) in [5.41, 5.74) is 2.31. The molecule has 0 atom stereocenters. The first kappa shape index (κ1) is 24.0. The third-order valence-corrected chi connectivity index (χ3v) is 4.67. The standard InChI is InChI=1S/C22H19ClN4O4.Na/c1-13(2)30-19-8-7-16(11-17(19)23)21-24-20(26-31-21)15-5-3-14(4-6-15)12-27-10-9-18(25-27)22(28)29;/h3-11,13H,12H2,1-2H3,(H,28,29);/q;+1/p-1. The van der Waals surface area contributed by atoms with Crippen molar-refractivity contribution in [2.45, 2.75) is 26.5 Å². The Morgan fingerprint density at radius 1 is 1.16 bits per heavy atom. The maximum absolute atomic E-state index is 10.8. The first-order valence-corrected chi connectivity index (χ1v) is 9.91. The van der Waals surface area contributed by atoms with Crippen molar-refractivity contribution in [2.75, 3.05) is 0 Å². The number of ether oxygens (including phenoxy) is 1. The average molecular weight is 461 g/mol. The Kier molecular flexibility index (Phi) is 7.73. The molecule has 2 aromatic heterocycles. The molecule has 4 rings (SSSR count). The molecule has 0 spiro atoms. The minimum atomic E-state index is -1.30. The minimum absolute atomic E-state index is 0. The van der Waals surface area contributed by atoms with Crippen LogP contribution in [-0.4, -0.2) is 32.0 Å². The smallest absolute Gasteiger partial charge is 0.543 e. The molecule has 2 aromatic carbocycles. The number of aromatic nitrogens is 4. The number of carboxylic acid groups (broad SMARTS) is 1. The van der Waals surface area contributed by atoms with E-state index in [2.05, 4.69) is 15.2 Å². The van der Waals surface area contributed by atoms with Crippen molar-refractivity contribution in [2.24, 2.45) is 0 Å². The molecule has 0 aliphatic carbocycles. The van der Waals surface area contributed by atoms with Gasteiger partial charge in [-0.3, -0.25) is 4.68 Å². The van der Waals surface area contributed by atoms with Gasteiger partial charge in [0.1, 0.15) is 11.4 Å². The Balaban J connectivity index is 0.00000289. The molecule has 0 radical (unpaired) electrons. The van der Waals surface area contributed by atoms with E-state index in [4.69, 9.17) is 20.9 Å². The number of aromatic carboxylic acids is 1. The predicted octanol–water partition coefficient (Wildman–Crippen LogP) is 0.456. The number of halogens is 1. The zero-order valence-electron chi connectivity index (χ0n) is 17.8. The number of rotatable bonds is 7. The maximum Gasteiger partial charge on any atom is 1.00 e. The van der Waals surface area contributed by atoms with Crippen molar-refractivity contribution in [3.05, 3.63) is 71.0 Å². The third-order valence-electron chi connectivity index (χ3n) is 4.37. The van der Waals surface area contributed by atoms with E-state index in [1.54, 1.807) is 18.3 Å². The van der Waals surface area contributed by atoms with Crippen LogP contribution in [0.3, 0.4) is 0 Å². The van der Waals surface area contributed by atoms with Crippen LogP contribution in [0.2, 0.25) is 5.02 Å². The number of nitrogens with zero attached hydrogens (tertiary/aromatic N) is 4. The van der Waals surface area contributed by atoms with E-state index < -0.39 is 5.97 Å². The summed E-state index contributed by atoms with van der Waals surface area (Å²) in [5, 5.41) is 19.3. The summed E-state index contributed by atoms with van der Waals surface area (Å²) in [5.74, 6) is 0.0898. The fourth-order valence-corrected chi connectivity index (χ4v) is 3.17. The Bertz CT molecular complexity index is 1220. The van der Waals surface area contributed by atoms with E-state index in [9.17, 15) is 9.90 Å². The predicted molar refractivity (Wildman–Crippen MR) is 112 cm³/mol. The molecule has 0 saturated heterocycles. The molecule has 4 aromatic rings. The van der Waals surface area contributed by atoms with Crippen molar-refractivity contribution in [3.8, 4) is 28.6 Å². The van der Waals surface area contributed by atoms with Crippen LogP contribution in [0.15, 0.2) is 59.3 Å². The maximum atomic E-state index is 10.8. The van der Waals surface area contributed by atoms with Crippen LogP contribution in [0, 0.1) is 0 Å². The number of carbonyl (C=O) groups excluding carboxylic acids is 1. The van der Waals surface area contributed by atoms with Crippen LogP contribution < -0.4 is 39.4 Å². The van der Waals surface area contributed by atoms with Crippen LogP contribution in [-0.2, 0) is 6.54 Å². The molecule has 2 heterocycles. The van der Waals surface area contributed by atoms with E-state index in [1.165, 1.54) is 10.7 Å². The zero-order chi connectivity index (χ0) is 22.0. The molecular formula is C22H18ClN4NaO4. The first-order chi connectivity index (χ1) is 14.9. The number of carboxylic acids is 1. The van der Waals surface area contributed by atoms with Crippen molar-refractivity contribution in [1.29, 1.82) is 0 Å². The summed E-state index contributed by atoms with van der Waals surface area (Å²) in [4.78, 5) is 15.3. The molecule has 0 amide bonds. The van der Waals surface area contributed by atoms with Crippen LogP contribution in [0.5, 0.6) is 5.75 Å². The second-order valence-corrected chi connectivity index (χ2v) is 7.53. The quantitative estimate of drug-likeness (QED) is 0.369. The van der Waals surface area contributed by atoms with E-state index >= 15 is 0 Å². The molecular weight excluding hydrogens is 443 g/mol. The van der Waals surface area contributed by atoms with E-state index in [1.807, 2.05) is 44.2 Å². The van der Waals surface area contributed by atoms with Gasteiger partial charge in [-0.05, 0) is 43.7 Å². The number of hydrogen-bond donors (Lipinski definition) is 0. The molecule has 0 saturated carbocycles. The van der Waals surface area contributed by atoms with Crippen molar-refractivity contribution < 1.29 is 48.7 Å². The van der Waals surface area contributed by atoms with Gasteiger partial charge in [0, 0.05) is 17.3 Å². The number of carbonyl (C=O) groups is 1. The molecule has 0 bridgehead atoms. The summed E-state index contributed by atoms with van der Waals surface area (Å²) >= 11 is 6.29. The normalized spacial score (nSPS) is 10.8. The van der Waals surface area contributed by atoms with Gasteiger partial charge in [-0.1, -0.05) is 41.0 Å². The first-order valence-electron chi connectivity index (χ1n) is 9.53. The summed E-state index contributed by atoms with van der Waals surface area (Å²) < 4.78 is 12.6. The summed E-state index contributed by atoms with van der Waals surface area (Å²) in [6.07, 6.45) is 1.61. The molecule has 10 heteroatoms. The van der Waals surface area contributed by atoms with Gasteiger partial charge in [0.25, 0.3) is 5.89 Å². The fraction of sp³-hybridized carbons (Fsp3) is 0.182. The number of benzene rings is 2. The number of hydrogen-bond acceptors (Lipinski definition) is 7. The monoisotopic (exact) mass is 460 g/mol. The second-order valence-electron chi connectivity index (χ2n) is 7.12. The molecule has 0 aliphatic heterocycles. The van der Waals surface area contributed by atoms with Gasteiger partial charge in [0.15, 0.2) is 0 Å². The zero-order valence-corrected chi connectivity index (χ0v) is 20.5. The summed E-state index contributed by atoms with van der Waals surface area (Å²) in [6, 6.07) is 14.2. The Labute approximate surface area is 211 Å². The van der Waals surface area contributed by atoms with E-state index in [0.29, 0.717) is 34.6 Å². The van der Waals surface area contributed by atoms with Crippen molar-refractivity contribution in [3.63, 3.8) is 0 Å². The van der Waals surface area contributed by atoms with Gasteiger partial charge < -0.3 is 19.2 Å². The van der Waals surface area contributed by atoms with Crippen LogP contribution in [0.4, 0.5) is 0 Å². The molecule has 0 unspecified atom stereocenters. The Hall–Kier alpha value is -2.65. The molecule has 0 aliphatic rings. The van der Waals surface area contributed by atoms with Crippen molar-refractivity contribution in [1.82, 2.24) is 19.9 Å². The summed E-state index contributed by atoms with van der Waals surface area (Å²) in [6.45, 7) is 4.29. The molecule has 32 heavy (non-hydrogen) atoms. The second kappa shape index (κ2) is 10.3. The van der Waals surface area contributed by atoms with Gasteiger partial charge in [0.05, 0.1) is 23.6 Å². The van der Waals surface area contributed by atoms with Gasteiger partial charge >= 0.3 is 29.6 Å².